The van der Waals surface area contributed by atoms with Crippen molar-refractivity contribution in [1.82, 2.24) is 15.5 Å². The molecule has 1 heterocycles. The van der Waals surface area contributed by atoms with Crippen LogP contribution in [0.15, 0.2) is 6.20 Å². The summed E-state index contributed by atoms with van der Waals surface area (Å²) in [5.41, 5.74) is 5.87. The van der Waals surface area contributed by atoms with Crippen LogP contribution in [0, 0.1) is 0 Å². The highest BCUT2D eigenvalue weighted by Gasteiger charge is 2.03. The van der Waals surface area contributed by atoms with Crippen LogP contribution in [0.1, 0.15) is 6.92 Å². The van der Waals surface area contributed by atoms with Crippen LogP contribution in [-0.2, 0) is 0 Å². The highest BCUT2D eigenvalue weighted by atomic mass is 16.2. The standard InChI is InChI=1S/C6H11N5O/c1-2-8-6(12)10-5-4(7)3-9-11-5/h3H,2,7H2,1H3,(H3,8,9,10,11,12). The molecule has 1 aromatic heterocycles. The lowest BCUT2D eigenvalue weighted by Crippen LogP contribution is -2.28. The van der Waals surface area contributed by atoms with Gasteiger partial charge in [-0.3, -0.25) is 10.4 Å². The van der Waals surface area contributed by atoms with Crippen LogP contribution in [0.2, 0.25) is 0 Å². The Labute approximate surface area is 69.5 Å². The molecular weight excluding hydrogens is 158 g/mol. The normalized spacial score (nSPS) is 9.42. The van der Waals surface area contributed by atoms with Gasteiger partial charge in [-0.2, -0.15) is 5.10 Å². The topological polar surface area (TPSA) is 95.8 Å². The first kappa shape index (κ1) is 8.38. The molecule has 0 spiro atoms. The van der Waals surface area contributed by atoms with E-state index in [2.05, 4.69) is 20.8 Å². The molecule has 0 unspecified atom stereocenters. The second-order valence-electron chi connectivity index (χ2n) is 2.18. The average molecular weight is 169 g/mol. The van der Waals surface area contributed by atoms with Gasteiger partial charge >= 0.3 is 6.03 Å². The summed E-state index contributed by atoms with van der Waals surface area (Å²) in [7, 11) is 0. The van der Waals surface area contributed by atoms with Gasteiger partial charge in [-0.15, -0.1) is 0 Å². The summed E-state index contributed by atoms with van der Waals surface area (Å²) in [5.74, 6) is 0.418. The summed E-state index contributed by atoms with van der Waals surface area (Å²) >= 11 is 0. The Kier molecular flexibility index (Phi) is 2.52. The Morgan fingerprint density at radius 2 is 2.58 bits per heavy atom. The molecule has 0 radical (unpaired) electrons. The van der Waals surface area contributed by atoms with Crippen molar-refractivity contribution in [3.8, 4) is 0 Å². The number of carbonyl (C=O) groups excluding carboxylic acids is 1. The van der Waals surface area contributed by atoms with Crippen molar-refractivity contribution in [2.24, 2.45) is 0 Å². The van der Waals surface area contributed by atoms with E-state index in [0.29, 0.717) is 18.1 Å². The lowest BCUT2D eigenvalue weighted by atomic mass is 10.5. The maximum Gasteiger partial charge on any atom is 0.320 e. The molecule has 0 bridgehead atoms. The van der Waals surface area contributed by atoms with E-state index in [4.69, 9.17) is 5.73 Å². The second kappa shape index (κ2) is 3.61. The molecule has 0 aromatic carbocycles. The molecule has 0 aliphatic rings. The van der Waals surface area contributed by atoms with Crippen molar-refractivity contribution in [3.63, 3.8) is 0 Å². The number of H-pyrrole nitrogens is 1. The lowest BCUT2D eigenvalue weighted by molar-refractivity contribution is 0.252. The third-order valence-electron chi connectivity index (χ3n) is 1.24. The summed E-state index contributed by atoms with van der Waals surface area (Å²) in [5, 5.41) is 11.2. The number of nitrogens with two attached hydrogens (primary N) is 1. The molecule has 66 valence electrons. The quantitative estimate of drug-likeness (QED) is 0.506. The van der Waals surface area contributed by atoms with Gasteiger partial charge in [-0.1, -0.05) is 0 Å². The van der Waals surface area contributed by atoms with E-state index in [1.807, 2.05) is 6.92 Å². The van der Waals surface area contributed by atoms with Crippen LogP contribution in [-0.4, -0.2) is 22.8 Å². The van der Waals surface area contributed by atoms with E-state index in [-0.39, 0.29) is 6.03 Å². The van der Waals surface area contributed by atoms with Gasteiger partial charge in [0.1, 0.15) is 0 Å². The minimum atomic E-state index is -0.298. The van der Waals surface area contributed by atoms with Crippen molar-refractivity contribution >= 4 is 17.5 Å². The van der Waals surface area contributed by atoms with Crippen molar-refractivity contribution in [1.29, 1.82) is 0 Å². The van der Waals surface area contributed by atoms with Gasteiger partial charge < -0.3 is 11.1 Å². The number of urea groups is 1. The largest absolute Gasteiger partial charge is 0.394 e. The van der Waals surface area contributed by atoms with Gasteiger partial charge in [0.15, 0.2) is 5.82 Å². The number of rotatable bonds is 2. The molecule has 0 saturated carbocycles. The van der Waals surface area contributed by atoms with Gasteiger partial charge in [0.05, 0.1) is 11.9 Å². The Balaban J connectivity index is 2.52. The molecular formula is C6H11N5O. The fourth-order valence-electron chi connectivity index (χ4n) is 0.714. The number of hydrogen-bond donors (Lipinski definition) is 4. The summed E-state index contributed by atoms with van der Waals surface area (Å²) in [4.78, 5) is 10.9. The van der Waals surface area contributed by atoms with Crippen LogP contribution in [0.5, 0.6) is 0 Å². The van der Waals surface area contributed by atoms with E-state index < -0.39 is 0 Å². The molecule has 12 heavy (non-hydrogen) atoms. The number of carbonyl (C=O) groups is 1. The zero-order valence-electron chi connectivity index (χ0n) is 6.72. The molecule has 0 aliphatic carbocycles. The third-order valence-corrected chi connectivity index (χ3v) is 1.24. The smallest absolute Gasteiger partial charge is 0.320 e. The van der Waals surface area contributed by atoms with E-state index in [9.17, 15) is 4.79 Å². The molecule has 1 aromatic rings. The number of aromatic nitrogens is 2. The van der Waals surface area contributed by atoms with Gasteiger partial charge in [-0.25, -0.2) is 4.79 Å². The molecule has 0 atom stereocenters. The summed E-state index contributed by atoms with van der Waals surface area (Å²) in [6, 6.07) is -0.298. The van der Waals surface area contributed by atoms with Crippen LogP contribution in [0.25, 0.3) is 0 Å². The van der Waals surface area contributed by atoms with Crippen molar-refractivity contribution < 1.29 is 4.79 Å². The van der Waals surface area contributed by atoms with Gasteiger partial charge in [0.25, 0.3) is 0 Å². The number of hydrogen-bond acceptors (Lipinski definition) is 3. The fraction of sp³-hybridized carbons (Fsp3) is 0.333. The van der Waals surface area contributed by atoms with E-state index >= 15 is 0 Å². The first-order valence-electron chi connectivity index (χ1n) is 3.57. The molecule has 2 amide bonds. The molecule has 5 N–H and O–H groups in total. The first-order valence-corrected chi connectivity index (χ1v) is 3.57. The molecule has 6 nitrogen and oxygen atoms in total. The van der Waals surface area contributed by atoms with Crippen LogP contribution in [0.3, 0.4) is 0 Å². The average Bonchev–Trinajstić information content (AvgIpc) is 2.37. The van der Waals surface area contributed by atoms with Gasteiger partial charge in [-0.05, 0) is 6.92 Å². The van der Waals surface area contributed by atoms with E-state index in [0.717, 1.165) is 0 Å². The number of nitrogens with one attached hydrogen (secondary N) is 3. The van der Waals surface area contributed by atoms with Crippen LogP contribution in [0.4, 0.5) is 16.3 Å². The van der Waals surface area contributed by atoms with Crippen molar-refractivity contribution in [3.05, 3.63) is 6.20 Å². The number of amides is 2. The molecule has 6 heteroatoms. The van der Waals surface area contributed by atoms with Crippen LogP contribution < -0.4 is 16.4 Å². The highest BCUT2D eigenvalue weighted by Crippen LogP contribution is 2.11. The van der Waals surface area contributed by atoms with Gasteiger partial charge in [0, 0.05) is 6.54 Å². The monoisotopic (exact) mass is 169 g/mol. The summed E-state index contributed by atoms with van der Waals surface area (Å²) in [6.45, 7) is 2.40. The minimum absolute atomic E-state index is 0.298. The fourth-order valence-corrected chi connectivity index (χ4v) is 0.714. The number of aromatic amines is 1. The zero-order valence-corrected chi connectivity index (χ0v) is 6.72. The Morgan fingerprint density at radius 1 is 1.83 bits per heavy atom. The van der Waals surface area contributed by atoms with Gasteiger partial charge in [0.2, 0.25) is 0 Å². The first-order chi connectivity index (χ1) is 5.74. The minimum Gasteiger partial charge on any atom is -0.394 e. The predicted octanol–water partition coefficient (Wildman–Crippen LogP) is 0.133. The molecule has 0 aliphatic heterocycles. The predicted molar refractivity (Wildman–Crippen MR) is 45.7 cm³/mol. The van der Waals surface area contributed by atoms with Crippen molar-refractivity contribution in [2.45, 2.75) is 6.92 Å². The highest BCUT2D eigenvalue weighted by molar-refractivity contribution is 5.90. The third kappa shape index (κ3) is 1.88. The van der Waals surface area contributed by atoms with E-state index in [1.165, 1.54) is 6.20 Å². The van der Waals surface area contributed by atoms with Crippen molar-refractivity contribution in [2.75, 3.05) is 17.6 Å². The van der Waals surface area contributed by atoms with Crippen LogP contribution >= 0.6 is 0 Å². The zero-order chi connectivity index (χ0) is 8.97. The Bertz CT molecular complexity index is 269. The van der Waals surface area contributed by atoms with E-state index in [1.54, 1.807) is 0 Å². The number of anilines is 2. The molecule has 0 fully saturated rings. The summed E-state index contributed by atoms with van der Waals surface area (Å²) in [6.07, 6.45) is 1.43. The second-order valence-corrected chi connectivity index (χ2v) is 2.18. The summed E-state index contributed by atoms with van der Waals surface area (Å²) < 4.78 is 0. The molecule has 1 rings (SSSR count). The Hall–Kier alpha value is -1.72. The maximum absolute atomic E-state index is 10.9. The lowest BCUT2D eigenvalue weighted by Gasteiger charge is -2.02. The number of nitrogen functional groups attached to an aromatic ring is 1. The maximum atomic E-state index is 10.9. The Morgan fingerprint density at radius 3 is 3.08 bits per heavy atom. The number of nitrogens with zero attached hydrogens (tertiary/aromatic N) is 1. The molecule has 0 saturated heterocycles. The SMILES string of the molecule is CCNC(=O)Nc1[nH]ncc1N.